The SMILES string of the molecule is CCOc1cc(C(F)(F)F)ccc1C1=N[C@@](C)(c2ccc(Cl)cc2)[C@](C)(c2ccc(Cl)cc2)N1C(=O)Cl. The van der Waals surface area contributed by atoms with Crippen LogP contribution in [0.15, 0.2) is 71.7 Å². The molecule has 10 heteroatoms. The smallest absolute Gasteiger partial charge is 0.416 e. The number of amidine groups is 1. The molecule has 37 heavy (non-hydrogen) atoms. The standard InChI is InChI=1S/C27H22Cl3F3N2O2/c1-4-37-22-15-18(27(31,32)33)9-14-21(22)23-34-25(2,16-5-10-19(28)11-6-16)26(3,35(23)24(30)36)17-7-12-20(29)13-8-17/h5-15H,4H2,1-3H3/t25-,26-/m0/s1. The van der Waals surface area contributed by atoms with E-state index < -0.39 is 28.2 Å². The van der Waals surface area contributed by atoms with Crippen LogP contribution < -0.4 is 4.74 Å². The number of alkyl halides is 3. The molecule has 0 saturated carbocycles. The van der Waals surface area contributed by atoms with E-state index >= 15 is 0 Å². The number of hydrogen-bond acceptors (Lipinski definition) is 3. The lowest BCUT2D eigenvalue weighted by molar-refractivity contribution is -0.137. The van der Waals surface area contributed by atoms with E-state index in [4.69, 9.17) is 44.5 Å². The van der Waals surface area contributed by atoms with Gasteiger partial charge in [0.15, 0.2) is 0 Å². The maximum absolute atomic E-state index is 13.5. The summed E-state index contributed by atoms with van der Waals surface area (Å²) in [5, 5.41) is 0.135. The molecule has 0 N–H and O–H groups in total. The molecule has 0 aromatic heterocycles. The number of amides is 1. The average molecular weight is 570 g/mol. The first-order valence-corrected chi connectivity index (χ1v) is 12.4. The minimum Gasteiger partial charge on any atom is -0.493 e. The summed E-state index contributed by atoms with van der Waals surface area (Å²) in [4.78, 5) is 19.4. The van der Waals surface area contributed by atoms with Crippen molar-refractivity contribution < 1.29 is 22.7 Å². The minimum absolute atomic E-state index is 0.0715. The monoisotopic (exact) mass is 568 g/mol. The summed E-state index contributed by atoms with van der Waals surface area (Å²) in [7, 11) is 0. The third-order valence-electron chi connectivity index (χ3n) is 6.77. The van der Waals surface area contributed by atoms with Crippen LogP contribution in [0.3, 0.4) is 0 Å². The highest BCUT2D eigenvalue weighted by Crippen LogP contribution is 2.54. The summed E-state index contributed by atoms with van der Waals surface area (Å²) in [6.45, 7) is 5.38. The third kappa shape index (κ3) is 4.69. The van der Waals surface area contributed by atoms with Gasteiger partial charge in [-0.05, 0) is 86.0 Å². The van der Waals surface area contributed by atoms with E-state index in [1.165, 1.54) is 11.0 Å². The molecule has 1 amide bonds. The van der Waals surface area contributed by atoms with Crippen LogP contribution in [-0.4, -0.2) is 22.7 Å². The van der Waals surface area contributed by atoms with Crippen molar-refractivity contribution in [2.75, 3.05) is 6.61 Å². The lowest BCUT2D eigenvalue weighted by Crippen LogP contribution is -2.53. The predicted octanol–water partition coefficient (Wildman–Crippen LogP) is 8.66. The van der Waals surface area contributed by atoms with Crippen molar-refractivity contribution in [1.82, 2.24) is 4.90 Å². The summed E-state index contributed by atoms with van der Waals surface area (Å²) >= 11 is 18.5. The van der Waals surface area contributed by atoms with Crippen LogP contribution in [-0.2, 0) is 17.3 Å². The first-order chi connectivity index (χ1) is 17.3. The molecular weight excluding hydrogens is 548 g/mol. The van der Waals surface area contributed by atoms with Crippen molar-refractivity contribution in [3.63, 3.8) is 0 Å². The number of benzene rings is 3. The maximum atomic E-state index is 13.5. The van der Waals surface area contributed by atoms with E-state index in [9.17, 15) is 18.0 Å². The van der Waals surface area contributed by atoms with E-state index in [-0.39, 0.29) is 23.8 Å². The van der Waals surface area contributed by atoms with E-state index in [2.05, 4.69) is 0 Å². The molecule has 0 fully saturated rings. The molecule has 0 saturated heterocycles. The fourth-order valence-electron chi connectivity index (χ4n) is 4.70. The molecule has 2 atom stereocenters. The largest absolute Gasteiger partial charge is 0.493 e. The average Bonchev–Trinajstić information content (AvgIpc) is 3.08. The van der Waals surface area contributed by atoms with Crippen LogP contribution in [0.4, 0.5) is 18.0 Å². The van der Waals surface area contributed by atoms with E-state index in [0.717, 1.165) is 12.1 Å². The lowest BCUT2D eigenvalue weighted by Gasteiger charge is -2.44. The molecule has 194 valence electrons. The fraction of sp³-hybridized carbons (Fsp3) is 0.259. The number of halogens is 6. The number of nitrogens with zero attached hydrogens (tertiary/aromatic N) is 2. The number of aliphatic imine (C=N–C) groups is 1. The van der Waals surface area contributed by atoms with Crippen molar-refractivity contribution in [2.45, 2.75) is 38.0 Å². The highest BCUT2D eigenvalue weighted by molar-refractivity contribution is 6.64. The fourth-order valence-corrected chi connectivity index (χ4v) is 5.20. The van der Waals surface area contributed by atoms with Crippen LogP contribution in [0.2, 0.25) is 10.0 Å². The van der Waals surface area contributed by atoms with Gasteiger partial charge in [0, 0.05) is 10.0 Å². The molecule has 0 spiro atoms. The second-order valence-corrected chi connectivity index (χ2v) is 10.0. The van der Waals surface area contributed by atoms with Crippen molar-refractivity contribution in [2.24, 2.45) is 4.99 Å². The van der Waals surface area contributed by atoms with Gasteiger partial charge in [-0.15, -0.1) is 0 Å². The first-order valence-electron chi connectivity index (χ1n) is 11.3. The highest BCUT2D eigenvalue weighted by Gasteiger charge is 2.59. The molecule has 4 rings (SSSR count). The van der Waals surface area contributed by atoms with Crippen molar-refractivity contribution in [3.8, 4) is 5.75 Å². The van der Waals surface area contributed by atoms with E-state index in [1.54, 1.807) is 62.4 Å². The number of rotatable bonds is 5. The molecule has 1 aliphatic rings. The molecule has 3 aromatic carbocycles. The van der Waals surface area contributed by atoms with Crippen LogP contribution in [0, 0.1) is 0 Å². The molecule has 3 aromatic rings. The number of hydrogen-bond donors (Lipinski definition) is 0. The second kappa shape index (κ2) is 9.86. The molecule has 1 aliphatic heterocycles. The zero-order valence-corrected chi connectivity index (χ0v) is 22.3. The Balaban J connectivity index is 2.03. The Morgan fingerprint density at radius 3 is 1.97 bits per heavy atom. The van der Waals surface area contributed by atoms with Gasteiger partial charge in [0.2, 0.25) is 0 Å². The number of carbonyl (C=O) groups is 1. The summed E-state index contributed by atoms with van der Waals surface area (Å²) in [5.41, 5.74) is -1.68. The highest BCUT2D eigenvalue weighted by atomic mass is 35.5. The second-order valence-electron chi connectivity index (χ2n) is 8.82. The van der Waals surface area contributed by atoms with Gasteiger partial charge in [-0.3, -0.25) is 14.7 Å². The summed E-state index contributed by atoms with van der Waals surface area (Å²) in [5.74, 6) is 0.00452. The van der Waals surface area contributed by atoms with Crippen LogP contribution in [0.1, 0.15) is 43.0 Å². The van der Waals surface area contributed by atoms with Gasteiger partial charge in [0.05, 0.1) is 17.7 Å². The Hall–Kier alpha value is -2.74. The Morgan fingerprint density at radius 1 is 0.946 bits per heavy atom. The molecule has 1 heterocycles. The summed E-state index contributed by atoms with van der Waals surface area (Å²) in [6.07, 6.45) is -4.58. The van der Waals surface area contributed by atoms with Crippen molar-refractivity contribution in [3.05, 3.63) is 99.0 Å². The Labute approximate surface area is 227 Å². The van der Waals surface area contributed by atoms with Crippen LogP contribution >= 0.6 is 34.8 Å². The Kier molecular flexibility index (Phi) is 7.27. The van der Waals surface area contributed by atoms with Gasteiger partial charge in [-0.25, -0.2) is 0 Å². The maximum Gasteiger partial charge on any atom is 0.416 e. The van der Waals surface area contributed by atoms with Crippen molar-refractivity contribution in [1.29, 1.82) is 0 Å². The zero-order chi connectivity index (χ0) is 27.2. The quantitative estimate of drug-likeness (QED) is 0.228. The Bertz CT molecular complexity index is 1360. The topological polar surface area (TPSA) is 41.9 Å². The molecule has 4 nitrogen and oxygen atoms in total. The van der Waals surface area contributed by atoms with E-state index in [0.29, 0.717) is 21.2 Å². The minimum atomic E-state index is -4.58. The third-order valence-corrected chi connectivity index (χ3v) is 7.45. The lowest BCUT2D eigenvalue weighted by atomic mass is 9.71. The summed E-state index contributed by atoms with van der Waals surface area (Å²) in [6, 6.07) is 16.9. The van der Waals surface area contributed by atoms with E-state index in [1.807, 2.05) is 6.92 Å². The molecule has 0 aliphatic carbocycles. The first kappa shape index (κ1) is 27.3. The number of carbonyl (C=O) groups excluding carboxylic acids is 1. The predicted molar refractivity (Wildman–Crippen MR) is 140 cm³/mol. The molecule has 0 radical (unpaired) electrons. The van der Waals surface area contributed by atoms with Gasteiger partial charge in [-0.2, -0.15) is 13.2 Å². The van der Waals surface area contributed by atoms with Gasteiger partial charge in [-0.1, -0.05) is 47.5 Å². The van der Waals surface area contributed by atoms with Crippen molar-refractivity contribution >= 4 is 46.0 Å². The molecule has 0 unspecified atom stereocenters. The van der Waals surface area contributed by atoms with Gasteiger partial charge in [0.25, 0.3) is 0 Å². The molecular formula is C27H22Cl3F3N2O2. The Morgan fingerprint density at radius 2 is 1.49 bits per heavy atom. The van der Waals surface area contributed by atoms with Gasteiger partial charge in [0.1, 0.15) is 22.7 Å². The number of ether oxygens (including phenoxy) is 1. The van der Waals surface area contributed by atoms with Crippen LogP contribution in [0.25, 0.3) is 0 Å². The normalized spacial score (nSPS) is 21.6. The van der Waals surface area contributed by atoms with Gasteiger partial charge < -0.3 is 4.74 Å². The molecule has 0 bridgehead atoms. The zero-order valence-electron chi connectivity index (χ0n) is 20.0. The van der Waals surface area contributed by atoms with Gasteiger partial charge >= 0.3 is 11.5 Å². The van der Waals surface area contributed by atoms with Crippen LogP contribution in [0.5, 0.6) is 5.75 Å². The summed E-state index contributed by atoms with van der Waals surface area (Å²) < 4.78 is 46.0.